The van der Waals surface area contributed by atoms with E-state index in [-0.39, 0.29) is 5.78 Å². The van der Waals surface area contributed by atoms with E-state index in [9.17, 15) is 9.59 Å². The fraction of sp³-hybridized carbons (Fsp3) is 0.200. The minimum Gasteiger partial charge on any atom is -0.496 e. The second-order valence-electron chi connectivity index (χ2n) is 5.29. The third-order valence-corrected chi connectivity index (χ3v) is 3.98. The summed E-state index contributed by atoms with van der Waals surface area (Å²) in [7, 11) is 4.52. The van der Waals surface area contributed by atoms with Gasteiger partial charge in [-0.25, -0.2) is 4.79 Å². The molecule has 0 saturated carbocycles. The number of carbonyl (C=O) groups excluding carboxylic acids is 2. The normalized spacial score (nSPS) is 10.5. The van der Waals surface area contributed by atoms with Crippen molar-refractivity contribution in [2.24, 2.45) is 0 Å². The van der Waals surface area contributed by atoms with Gasteiger partial charge in [0.2, 0.25) is 5.78 Å². The van der Waals surface area contributed by atoms with Crippen LogP contribution in [-0.4, -0.2) is 39.7 Å². The largest absolute Gasteiger partial charge is 0.496 e. The number of Topliss-reactive ketones (excluding diaryl/α,β-unsaturated/α-hetero) is 1. The lowest BCUT2D eigenvalue weighted by Crippen LogP contribution is -2.12. The van der Waals surface area contributed by atoms with E-state index in [1.54, 1.807) is 36.4 Å². The first-order valence-electron chi connectivity index (χ1n) is 7.92. The second-order valence-corrected chi connectivity index (χ2v) is 5.70. The summed E-state index contributed by atoms with van der Waals surface area (Å²) in [6.45, 7) is -0.407. The molecular formula is C20H19ClO6. The Morgan fingerprint density at radius 2 is 1.59 bits per heavy atom. The Morgan fingerprint density at radius 1 is 0.963 bits per heavy atom. The zero-order valence-corrected chi connectivity index (χ0v) is 15.9. The maximum absolute atomic E-state index is 12.1. The highest BCUT2D eigenvalue weighted by Gasteiger charge is 2.13. The van der Waals surface area contributed by atoms with Crippen LogP contribution in [0.15, 0.2) is 42.5 Å². The van der Waals surface area contributed by atoms with E-state index >= 15 is 0 Å². The minimum atomic E-state index is -0.674. The van der Waals surface area contributed by atoms with Gasteiger partial charge in [-0.2, -0.15) is 0 Å². The molecule has 0 spiro atoms. The molecule has 0 aliphatic carbocycles. The van der Waals surface area contributed by atoms with Gasteiger partial charge in [0.15, 0.2) is 18.1 Å². The molecule has 27 heavy (non-hydrogen) atoms. The van der Waals surface area contributed by atoms with Crippen LogP contribution in [0.2, 0.25) is 5.02 Å². The van der Waals surface area contributed by atoms with Crippen LogP contribution in [0.5, 0.6) is 17.2 Å². The molecule has 6 nitrogen and oxygen atoms in total. The Bertz CT molecular complexity index is 860. The van der Waals surface area contributed by atoms with E-state index in [1.165, 1.54) is 33.5 Å². The van der Waals surface area contributed by atoms with Crippen molar-refractivity contribution in [3.8, 4) is 17.2 Å². The molecule has 0 atom stereocenters. The van der Waals surface area contributed by atoms with Gasteiger partial charge >= 0.3 is 5.97 Å². The third-order valence-electron chi connectivity index (χ3n) is 3.65. The predicted molar refractivity (Wildman–Crippen MR) is 102 cm³/mol. The highest BCUT2D eigenvalue weighted by atomic mass is 35.5. The predicted octanol–water partition coefficient (Wildman–Crippen LogP) is 3.81. The number of benzene rings is 2. The molecule has 0 aliphatic rings. The van der Waals surface area contributed by atoms with E-state index in [2.05, 4.69) is 0 Å². The Balaban J connectivity index is 2.06. The van der Waals surface area contributed by atoms with E-state index in [4.69, 9.17) is 30.5 Å². The van der Waals surface area contributed by atoms with Crippen LogP contribution < -0.4 is 14.2 Å². The molecule has 2 aromatic carbocycles. The zero-order chi connectivity index (χ0) is 19.8. The highest BCUT2D eigenvalue weighted by Crippen LogP contribution is 2.35. The van der Waals surface area contributed by atoms with E-state index < -0.39 is 12.6 Å². The van der Waals surface area contributed by atoms with Crippen molar-refractivity contribution < 1.29 is 28.5 Å². The maximum atomic E-state index is 12.1. The molecule has 0 bridgehead atoms. The fourth-order valence-electron chi connectivity index (χ4n) is 2.29. The van der Waals surface area contributed by atoms with Crippen LogP contribution in [0.3, 0.4) is 0 Å². The summed E-state index contributed by atoms with van der Waals surface area (Å²) in [5.41, 5.74) is 0.891. The van der Waals surface area contributed by atoms with Crippen molar-refractivity contribution in [1.29, 1.82) is 0 Å². The molecule has 0 amide bonds. The summed E-state index contributed by atoms with van der Waals surface area (Å²) in [5, 5.41) is 0.309. The summed E-state index contributed by atoms with van der Waals surface area (Å²) in [5.74, 6) is 0.418. The lowest BCUT2D eigenvalue weighted by Gasteiger charge is -2.12. The van der Waals surface area contributed by atoms with Crippen LogP contribution in [0.25, 0.3) is 6.08 Å². The molecule has 2 aromatic rings. The number of halogens is 1. The number of hydrogen-bond donors (Lipinski definition) is 0. The third kappa shape index (κ3) is 5.24. The van der Waals surface area contributed by atoms with Gasteiger partial charge in [0.25, 0.3) is 0 Å². The van der Waals surface area contributed by atoms with Crippen molar-refractivity contribution in [1.82, 2.24) is 0 Å². The molecule has 0 unspecified atom stereocenters. The molecule has 0 heterocycles. The second kappa shape index (κ2) is 9.64. The quantitative estimate of drug-likeness (QED) is 0.388. The van der Waals surface area contributed by atoms with Crippen molar-refractivity contribution in [2.75, 3.05) is 27.9 Å². The Labute approximate surface area is 162 Å². The van der Waals surface area contributed by atoms with E-state index in [0.717, 1.165) is 0 Å². The Kier molecular flexibility index (Phi) is 7.25. The van der Waals surface area contributed by atoms with Crippen LogP contribution in [-0.2, 0) is 9.53 Å². The minimum absolute atomic E-state index is 0.303. The molecule has 7 heteroatoms. The van der Waals surface area contributed by atoms with Gasteiger partial charge in [-0.3, -0.25) is 4.79 Å². The molecule has 0 aliphatic heterocycles. The molecule has 0 radical (unpaired) electrons. The van der Waals surface area contributed by atoms with Gasteiger partial charge < -0.3 is 18.9 Å². The van der Waals surface area contributed by atoms with Gasteiger partial charge in [-0.1, -0.05) is 23.7 Å². The van der Waals surface area contributed by atoms with Gasteiger partial charge in [-0.15, -0.1) is 0 Å². The van der Waals surface area contributed by atoms with E-state index in [1.807, 2.05) is 0 Å². The summed E-state index contributed by atoms with van der Waals surface area (Å²) in [6.07, 6.45) is 2.70. The first-order valence-corrected chi connectivity index (χ1v) is 8.30. The first-order chi connectivity index (χ1) is 13.0. The molecule has 2 rings (SSSR count). The Morgan fingerprint density at radius 3 is 2.22 bits per heavy atom. The number of hydrogen-bond acceptors (Lipinski definition) is 6. The lowest BCUT2D eigenvalue weighted by atomic mass is 10.1. The van der Waals surface area contributed by atoms with Gasteiger partial charge in [0.05, 0.1) is 26.4 Å². The van der Waals surface area contributed by atoms with E-state index in [0.29, 0.717) is 33.4 Å². The van der Waals surface area contributed by atoms with Crippen LogP contribution >= 0.6 is 11.6 Å². The number of methoxy groups -OCH3 is 3. The summed E-state index contributed by atoms with van der Waals surface area (Å²) in [6, 6.07) is 9.87. The smallest absolute Gasteiger partial charge is 0.331 e. The average Bonchev–Trinajstić information content (AvgIpc) is 2.69. The highest BCUT2D eigenvalue weighted by molar-refractivity contribution is 6.34. The van der Waals surface area contributed by atoms with Gasteiger partial charge in [-0.05, 0) is 24.3 Å². The summed E-state index contributed by atoms with van der Waals surface area (Å²) in [4.78, 5) is 24.0. The molecule has 0 fully saturated rings. The summed E-state index contributed by atoms with van der Waals surface area (Å²) >= 11 is 5.95. The van der Waals surface area contributed by atoms with Crippen molar-refractivity contribution in [2.45, 2.75) is 0 Å². The number of esters is 1. The van der Waals surface area contributed by atoms with Crippen molar-refractivity contribution >= 4 is 29.4 Å². The number of carbonyl (C=O) groups is 2. The van der Waals surface area contributed by atoms with Gasteiger partial charge in [0, 0.05) is 23.3 Å². The number of rotatable bonds is 8. The van der Waals surface area contributed by atoms with Crippen LogP contribution in [0.4, 0.5) is 0 Å². The molecule has 142 valence electrons. The topological polar surface area (TPSA) is 71.1 Å². The van der Waals surface area contributed by atoms with Crippen LogP contribution in [0, 0.1) is 0 Å². The molecule has 0 N–H and O–H groups in total. The Hall–Kier alpha value is -2.99. The standard InChI is InChI=1S/C20H19ClO6/c1-24-17-11-19(26-3)18(25-2)10-13(17)8-9-20(23)27-12-16(22)14-6-4-5-7-15(14)21/h4-11H,12H2,1-3H3/b9-8+. The van der Waals surface area contributed by atoms with Crippen molar-refractivity contribution in [3.05, 3.63) is 58.6 Å². The fourth-order valence-corrected chi connectivity index (χ4v) is 2.53. The summed E-state index contributed by atoms with van der Waals surface area (Å²) < 4.78 is 20.7. The van der Waals surface area contributed by atoms with Gasteiger partial charge in [0.1, 0.15) is 5.75 Å². The lowest BCUT2D eigenvalue weighted by molar-refractivity contribution is -0.136. The zero-order valence-electron chi connectivity index (χ0n) is 15.2. The van der Waals surface area contributed by atoms with Crippen molar-refractivity contribution in [3.63, 3.8) is 0 Å². The number of ether oxygens (including phenoxy) is 4. The SMILES string of the molecule is COc1cc(OC)c(OC)cc1/C=C/C(=O)OCC(=O)c1ccccc1Cl. The molecule has 0 aromatic heterocycles. The first kappa shape index (κ1) is 20.3. The average molecular weight is 391 g/mol. The van der Waals surface area contributed by atoms with Crippen LogP contribution in [0.1, 0.15) is 15.9 Å². The maximum Gasteiger partial charge on any atom is 0.331 e. The number of ketones is 1. The molecule has 0 saturated heterocycles. The monoisotopic (exact) mass is 390 g/mol. The molecular weight excluding hydrogens is 372 g/mol.